The van der Waals surface area contributed by atoms with Gasteiger partial charge in [-0.1, -0.05) is 6.92 Å². The van der Waals surface area contributed by atoms with Gasteiger partial charge in [-0.15, -0.1) is 0 Å². The number of rotatable bonds is 2. The van der Waals surface area contributed by atoms with E-state index in [1.54, 1.807) is 6.20 Å². The van der Waals surface area contributed by atoms with Crippen molar-refractivity contribution in [2.24, 2.45) is 5.92 Å². The number of piperazine rings is 1. The fourth-order valence-corrected chi connectivity index (χ4v) is 3.51. The highest BCUT2D eigenvalue weighted by Gasteiger charge is 2.27. The molecule has 3 rings (SSSR count). The predicted octanol–water partition coefficient (Wildman–Crippen LogP) is 2.36. The van der Waals surface area contributed by atoms with Crippen LogP contribution in [-0.2, 0) is 0 Å². The molecule has 2 N–H and O–H groups in total. The number of aromatic nitrogens is 1. The Hall–Kier alpha value is -1.29. The summed E-state index contributed by atoms with van der Waals surface area (Å²) in [6.45, 7) is 6.91. The van der Waals surface area contributed by atoms with Gasteiger partial charge in [0.15, 0.2) is 0 Å². The average Bonchev–Trinajstić information content (AvgIpc) is 2.49. The summed E-state index contributed by atoms with van der Waals surface area (Å²) in [7, 11) is 0. The minimum absolute atomic E-state index is 0.740. The molecule has 1 aliphatic carbocycles. The molecule has 0 spiro atoms. The summed E-state index contributed by atoms with van der Waals surface area (Å²) < 4.78 is 0. The number of nitrogen functional groups attached to an aromatic ring is 1. The van der Waals surface area contributed by atoms with Gasteiger partial charge in [0.1, 0.15) is 5.82 Å². The van der Waals surface area contributed by atoms with Gasteiger partial charge in [0.2, 0.25) is 0 Å². The molecule has 0 amide bonds. The monoisotopic (exact) mass is 274 g/mol. The van der Waals surface area contributed by atoms with Crippen LogP contribution in [0.5, 0.6) is 0 Å². The van der Waals surface area contributed by atoms with E-state index in [2.05, 4.69) is 21.7 Å². The van der Waals surface area contributed by atoms with Crippen LogP contribution in [0.4, 0.5) is 11.5 Å². The van der Waals surface area contributed by atoms with E-state index in [4.69, 9.17) is 5.73 Å². The minimum Gasteiger partial charge on any atom is -0.397 e. The zero-order chi connectivity index (χ0) is 13.9. The smallest absolute Gasteiger partial charge is 0.128 e. The van der Waals surface area contributed by atoms with Crippen LogP contribution in [0.15, 0.2) is 18.3 Å². The summed E-state index contributed by atoms with van der Waals surface area (Å²) in [5, 5.41) is 0. The van der Waals surface area contributed by atoms with E-state index in [9.17, 15) is 0 Å². The topological polar surface area (TPSA) is 45.4 Å². The van der Waals surface area contributed by atoms with E-state index >= 15 is 0 Å². The van der Waals surface area contributed by atoms with Gasteiger partial charge in [-0.25, -0.2) is 4.98 Å². The number of hydrogen-bond acceptors (Lipinski definition) is 4. The standard InChI is InChI=1S/C16H26N4/c1-13-2-5-15(6-3-13)19-8-10-20(11-9-19)16-7-4-14(17)12-18-16/h4,7,12-13,15H,2-3,5-6,8-11,17H2,1H3. The maximum atomic E-state index is 5.70. The minimum atomic E-state index is 0.740. The first kappa shape index (κ1) is 13.7. The molecule has 1 saturated carbocycles. The number of nitrogens with zero attached hydrogens (tertiary/aromatic N) is 3. The Morgan fingerprint density at radius 1 is 1.05 bits per heavy atom. The van der Waals surface area contributed by atoms with Crippen molar-refractivity contribution in [1.29, 1.82) is 0 Å². The fourth-order valence-electron chi connectivity index (χ4n) is 3.51. The Balaban J connectivity index is 1.53. The second kappa shape index (κ2) is 6.00. The summed E-state index contributed by atoms with van der Waals surface area (Å²) in [5.74, 6) is 2.00. The van der Waals surface area contributed by atoms with Gasteiger partial charge in [0.05, 0.1) is 11.9 Å². The molecule has 2 fully saturated rings. The lowest BCUT2D eigenvalue weighted by molar-refractivity contribution is 0.132. The quantitative estimate of drug-likeness (QED) is 0.899. The Morgan fingerprint density at radius 3 is 2.35 bits per heavy atom. The van der Waals surface area contributed by atoms with Crippen molar-refractivity contribution in [2.45, 2.75) is 38.6 Å². The highest BCUT2D eigenvalue weighted by atomic mass is 15.3. The molecule has 20 heavy (non-hydrogen) atoms. The van der Waals surface area contributed by atoms with E-state index in [1.165, 1.54) is 38.8 Å². The highest BCUT2D eigenvalue weighted by Crippen LogP contribution is 2.28. The van der Waals surface area contributed by atoms with E-state index in [1.807, 2.05) is 12.1 Å². The van der Waals surface area contributed by atoms with Gasteiger partial charge in [-0.2, -0.15) is 0 Å². The molecule has 1 aliphatic heterocycles. The molecule has 2 heterocycles. The lowest BCUT2D eigenvalue weighted by Crippen LogP contribution is -2.51. The summed E-state index contributed by atoms with van der Waals surface area (Å²) in [6.07, 6.45) is 7.35. The Labute approximate surface area is 122 Å². The van der Waals surface area contributed by atoms with Crippen LogP contribution in [0.1, 0.15) is 32.6 Å². The lowest BCUT2D eigenvalue weighted by atomic mass is 9.86. The zero-order valence-corrected chi connectivity index (χ0v) is 12.5. The van der Waals surface area contributed by atoms with E-state index in [-0.39, 0.29) is 0 Å². The van der Waals surface area contributed by atoms with Crippen LogP contribution in [0.25, 0.3) is 0 Å². The number of pyridine rings is 1. The van der Waals surface area contributed by atoms with Crippen molar-refractivity contribution in [1.82, 2.24) is 9.88 Å². The number of nitrogens with two attached hydrogens (primary N) is 1. The van der Waals surface area contributed by atoms with Crippen LogP contribution >= 0.6 is 0 Å². The van der Waals surface area contributed by atoms with Crippen molar-refractivity contribution in [3.63, 3.8) is 0 Å². The molecule has 1 aromatic heterocycles. The fraction of sp³-hybridized carbons (Fsp3) is 0.688. The normalized spacial score (nSPS) is 28.6. The third-order valence-electron chi connectivity index (χ3n) is 4.91. The maximum absolute atomic E-state index is 5.70. The maximum Gasteiger partial charge on any atom is 0.128 e. The highest BCUT2D eigenvalue weighted by molar-refractivity contribution is 5.46. The van der Waals surface area contributed by atoms with Gasteiger partial charge >= 0.3 is 0 Å². The zero-order valence-electron chi connectivity index (χ0n) is 12.5. The van der Waals surface area contributed by atoms with E-state index in [0.29, 0.717) is 0 Å². The molecule has 4 heteroatoms. The Kier molecular flexibility index (Phi) is 4.10. The average molecular weight is 274 g/mol. The van der Waals surface area contributed by atoms with E-state index < -0.39 is 0 Å². The molecule has 1 saturated heterocycles. The van der Waals surface area contributed by atoms with Crippen LogP contribution in [0.3, 0.4) is 0 Å². The van der Waals surface area contributed by atoms with Gasteiger partial charge in [-0.3, -0.25) is 4.90 Å². The van der Waals surface area contributed by atoms with Crippen LogP contribution in [0, 0.1) is 5.92 Å². The Bertz CT molecular complexity index is 415. The Morgan fingerprint density at radius 2 is 1.75 bits per heavy atom. The van der Waals surface area contributed by atoms with Crippen molar-refractivity contribution in [3.05, 3.63) is 18.3 Å². The van der Waals surface area contributed by atoms with Crippen molar-refractivity contribution in [3.8, 4) is 0 Å². The molecular formula is C16H26N4. The van der Waals surface area contributed by atoms with Gasteiger partial charge in [-0.05, 0) is 43.7 Å². The van der Waals surface area contributed by atoms with Crippen LogP contribution in [-0.4, -0.2) is 42.1 Å². The van der Waals surface area contributed by atoms with Crippen molar-refractivity contribution in [2.75, 3.05) is 36.8 Å². The third kappa shape index (κ3) is 3.06. The van der Waals surface area contributed by atoms with Gasteiger partial charge in [0.25, 0.3) is 0 Å². The number of hydrogen-bond donors (Lipinski definition) is 1. The van der Waals surface area contributed by atoms with Gasteiger partial charge in [0, 0.05) is 32.2 Å². The first-order chi connectivity index (χ1) is 9.72. The van der Waals surface area contributed by atoms with Crippen LogP contribution < -0.4 is 10.6 Å². The first-order valence-corrected chi connectivity index (χ1v) is 7.93. The molecule has 2 aliphatic rings. The molecule has 0 bridgehead atoms. The molecule has 1 aromatic rings. The molecule has 0 unspecified atom stereocenters. The van der Waals surface area contributed by atoms with E-state index in [0.717, 1.165) is 36.6 Å². The predicted molar refractivity (Wildman–Crippen MR) is 83.9 cm³/mol. The molecular weight excluding hydrogens is 248 g/mol. The number of anilines is 2. The van der Waals surface area contributed by atoms with Crippen molar-refractivity contribution >= 4 is 11.5 Å². The summed E-state index contributed by atoms with van der Waals surface area (Å²) in [6, 6.07) is 4.80. The first-order valence-electron chi connectivity index (χ1n) is 7.93. The summed E-state index contributed by atoms with van der Waals surface area (Å²) in [5.41, 5.74) is 6.44. The SMILES string of the molecule is CC1CCC(N2CCN(c3ccc(N)cn3)CC2)CC1. The van der Waals surface area contributed by atoms with Gasteiger partial charge < -0.3 is 10.6 Å². The lowest BCUT2D eigenvalue weighted by Gasteiger charge is -2.42. The molecule has 4 nitrogen and oxygen atoms in total. The second-order valence-electron chi connectivity index (χ2n) is 6.39. The largest absolute Gasteiger partial charge is 0.397 e. The molecule has 0 aromatic carbocycles. The molecule has 0 atom stereocenters. The summed E-state index contributed by atoms with van der Waals surface area (Å²) in [4.78, 5) is 9.50. The summed E-state index contributed by atoms with van der Waals surface area (Å²) >= 11 is 0. The second-order valence-corrected chi connectivity index (χ2v) is 6.39. The third-order valence-corrected chi connectivity index (χ3v) is 4.91. The van der Waals surface area contributed by atoms with Crippen LogP contribution in [0.2, 0.25) is 0 Å². The van der Waals surface area contributed by atoms with Crippen molar-refractivity contribution < 1.29 is 0 Å². The molecule has 0 radical (unpaired) electrons. The molecule has 110 valence electrons.